The lowest BCUT2D eigenvalue weighted by atomic mass is 10.1. The average Bonchev–Trinajstić information content (AvgIpc) is 2.39. The summed E-state index contributed by atoms with van der Waals surface area (Å²) in [6, 6.07) is 0. The van der Waals surface area contributed by atoms with Crippen LogP contribution in [0.5, 0.6) is 0 Å². The molecule has 2 amide bonds. The van der Waals surface area contributed by atoms with Crippen molar-refractivity contribution >= 4 is 17.5 Å². The molecule has 0 bridgehead atoms. The minimum atomic E-state index is -0.137. The van der Waals surface area contributed by atoms with Gasteiger partial charge in [0.15, 0.2) is 0 Å². The summed E-state index contributed by atoms with van der Waals surface area (Å²) in [4.78, 5) is 24.9. The van der Waals surface area contributed by atoms with Gasteiger partial charge in [-0.1, -0.05) is 0 Å². The number of likely N-dealkylation sites (N-methyl/N-ethyl adjacent to an activating group) is 1. The highest BCUT2D eigenvalue weighted by molar-refractivity contribution is 6.39. The molecule has 0 aliphatic carbocycles. The first-order valence-corrected chi connectivity index (χ1v) is 6.11. The van der Waals surface area contributed by atoms with Gasteiger partial charge in [0, 0.05) is 32.5 Å². The summed E-state index contributed by atoms with van der Waals surface area (Å²) in [5.41, 5.74) is 2.78. The van der Waals surface area contributed by atoms with E-state index in [1.54, 1.807) is 4.90 Å². The molecule has 1 unspecified atom stereocenters. The zero-order valence-corrected chi connectivity index (χ0v) is 10.4. The van der Waals surface area contributed by atoms with Crippen molar-refractivity contribution in [1.29, 1.82) is 0 Å². The second-order valence-corrected chi connectivity index (χ2v) is 4.40. The molecule has 2 aliphatic heterocycles. The minimum Gasteiger partial charge on any atom is -0.373 e. The number of nitrogens with one attached hydrogen (secondary N) is 2. The summed E-state index contributed by atoms with van der Waals surface area (Å²) >= 11 is 0. The third-order valence-corrected chi connectivity index (χ3v) is 3.01. The summed E-state index contributed by atoms with van der Waals surface area (Å²) < 4.78 is 5.54. The lowest BCUT2D eigenvalue weighted by molar-refractivity contribution is -0.131. The first kappa shape index (κ1) is 13.0. The van der Waals surface area contributed by atoms with Crippen LogP contribution in [-0.4, -0.2) is 61.8 Å². The van der Waals surface area contributed by atoms with Gasteiger partial charge in [-0.05, 0) is 7.05 Å². The number of amides is 2. The SMILES string of the molecule is CNCC1CN(C(=O)C2=NNC(=O)CC2)CCO1. The Morgan fingerprint density at radius 1 is 1.61 bits per heavy atom. The fourth-order valence-electron chi connectivity index (χ4n) is 2.07. The predicted octanol–water partition coefficient (Wildman–Crippen LogP) is -1.30. The summed E-state index contributed by atoms with van der Waals surface area (Å²) in [6.45, 7) is 2.39. The van der Waals surface area contributed by atoms with Crippen LogP contribution < -0.4 is 10.7 Å². The topological polar surface area (TPSA) is 83.0 Å². The van der Waals surface area contributed by atoms with E-state index in [2.05, 4.69) is 15.8 Å². The number of carbonyl (C=O) groups is 2. The molecular formula is C11H18N4O3. The summed E-state index contributed by atoms with van der Waals surface area (Å²) in [5, 5.41) is 6.86. The Bertz CT molecular complexity index is 367. The molecule has 100 valence electrons. The quantitative estimate of drug-likeness (QED) is 0.655. The fourth-order valence-corrected chi connectivity index (χ4v) is 2.07. The van der Waals surface area contributed by atoms with E-state index < -0.39 is 0 Å². The van der Waals surface area contributed by atoms with Crippen molar-refractivity contribution in [3.63, 3.8) is 0 Å². The van der Waals surface area contributed by atoms with Crippen molar-refractivity contribution < 1.29 is 14.3 Å². The van der Waals surface area contributed by atoms with Crippen LogP contribution in [0.2, 0.25) is 0 Å². The van der Waals surface area contributed by atoms with Crippen LogP contribution in [0.3, 0.4) is 0 Å². The second kappa shape index (κ2) is 5.92. The second-order valence-electron chi connectivity index (χ2n) is 4.40. The molecule has 1 saturated heterocycles. The van der Waals surface area contributed by atoms with Crippen molar-refractivity contribution in [1.82, 2.24) is 15.6 Å². The van der Waals surface area contributed by atoms with Crippen molar-refractivity contribution in [2.75, 3.05) is 33.3 Å². The van der Waals surface area contributed by atoms with Crippen LogP contribution in [0, 0.1) is 0 Å². The maximum atomic E-state index is 12.2. The van der Waals surface area contributed by atoms with Crippen molar-refractivity contribution in [2.45, 2.75) is 18.9 Å². The number of hydrazone groups is 1. The number of ether oxygens (including phenoxy) is 1. The molecular weight excluding hydrogens is 236 g/mol. The summed E-state index contributed by atoms with van der Waals surface area (Å²) in [5.74, 6) is -0.235. The third kappa shape index (κ3) is 3.05. The molecule has 1 atom stereocenters. The van der Waals surface area contributed by atoms with Gasteiger partial charge in [-0.3, -0.25) is 9.59 Å². The molecule has 0 radical (unpaired) electrons. The Hall–Kier alpha value is -1.47. The number of rotatable bonds is 3. The molecule has 18 heavy (non-hydrogen) atoms. The van der Waals surface area contributed by atoms with Gasteiger partial charge >= 0.3 is 0 Å². The van der Waals surface area contributed by atoms with E-state index in [1.807, 2.05) is 7.05 Å². The molecule has 7 nitrogen and oxygen atoms in total. The Balaban J connectivity index is 1.94. The first-order chi connectivity index (χ1) is 8.70. The predicted molar refractivity (Wildman–Crippen MR) is 65.1 cm³/mol. The van der Waals surface area contributed by atoms with E-state index in [0.717, 1.165) is 0 Å². The van der Waals surface area contributed by atoms with Gasteiger partial charge in [0.25, 0.3) is 5.91 Å². The molecule has 2 heterocycles. The number of hydrogen-bond acceptors (Lipinski definition) is 5. The maximum Gasteiger partial charge on any atom is 0.270 e. The first-order valence-electron chi connectivity index (χ1n) is 6.11. The number of carbonyl (C=O) groups excluding carboxylic acids is 2. The lowest BCUT2D eigenvalue weighted by Gasteiger charge is -2.33. The van der Waals surface area contributed by atoms with Gasteiger partial charge in [0.05, 0.1) is 12.7 Å². The monoisotopic (exact) mass is 254 g/mol. The molecule has 2 rings (SSSR count). The number of hydrogen-bond donors (Lipinski definition) is 2. The summed E-state index contributed by atoms with van der Waals surface area (Å²) in [6.07, 6.45) is 0.764. The molecule has 0 aromatic heterocycles. The van der Waals surface area contributed by atoms with Crippen LogP contribution in [0.4, 0.5) is 0 Å². The van der Waals surface area contributed by atoms with Gasteiger partial charge in [-0.2, -0.15) is 5.10 Å². The van der Waals surface area contributed by atoms with Gasteiger partial charge in [0.2, 0.25) is 5.91 Å². The molecule has 2 aliphatic rings. The standard InChI is InChI=1S/C11H18N4O3/c1-12-6-8-7-15(4-5-18-8)11(17)9-2-3-10(16)14-13-9/h8,12H,2-7H2,1H3,(H,14,16). The third-order valence-electron chi connectivity index (χ3n) is 3.01. The zero-order chi connectivity index (χ0) is 13.0. The largest absolute Gasteiger partial charge is 0.373 e. The molecule has 0 saturated carbocycles. The molecule has 7 heteroatoms. The van der Waals surface area contributed by atoms with Crippen molar-refractivity contribution in [3.05, 3.63) is 0 Å². The molecule has 1 fully saturated rings. The van der Waals surface area contributed by atoms with E-state index in [1.165, 1.54) is 0 Å². The molecule has 0 aromatic rings. The van der Waals surface area contributed by atoms with Gasteiger partial charge in [-0.15, -0.1) is 0 Å². The smallest absolute Gasteiger partial charge is 0.270 e. The Labute approximate surface area is 106 Å². The lowest BCUT2D eigenvalue weighted by Crippen LogP contribution is -2.51. The fraction of sp³-hybridized carbons (Fsp3) is 0.727. The van der Waals surface area contributed by atoms with E-state index in [9.17, 15) is 9.59 Å². The van der Waals surface area contributed by atoms with Crippen LogP contribution in [0.1, 0.15) is 12.8 Å². The molecule has 2 N–H and O–H groups in total. The van der Waals surface area contributed by atoms with Crippen LogP contribution >= 0.6 is 0 Å². The van der Waals surface area contributed by atoms with E-state index in [4.69, 9.17) is 4.74 Å². The highest BCUT2D eigenvalue weighted by Gasteiger charge is 2.28. The van der Waals surface area contributed by atoms with Gasteiger partial charge < -0.3 is 15.0 Å². The average molecular weight is 254 g/mol. The Morgan fingerprint density at radius 2 is 2.44 bits per heavy atom. The van der Waals surface area contributed by atoms with Crippen molar-refractivity contribution in [2.24, 2.45) is 5.10 Å². The number of morpholine rings is 1. The van der Waals surface area contributed by atoms with Crippen LogP contribution in [-0.2, 0) is 14.3 Å². The van der Waals surface area contributed by atoms with Gasteiger partial charge in [0.1, 0.15) is 5.71 Å². The van der Waals surface area contributed by atoms with E-state index in [0.29, 0.717) is 44.8 Å². The van der Waals surface area contributed by atoms with Crippen molar-refractivity contribution in [3.8, 4) is 0 Å². The number of nitrogens with zero attached hydrogens (tertiary/aromatic N) is 2. The summed E-state index contributed by atoms with van der Waals surface area (Å²) in [7, 11) is 1.85. The Morgan fingerprint density at radius 3 is 3.11 bits per heavy atom. The Kier molecular flexibility index (Phi) is 4.27. The normalized spacial score (nSPS) is 24.5. The van der Waals surface area contributed by atoms with Crippen LogP contribution in [0.25, 0.3) is 0 Å². The van der Waals surface area contributed by atoms with Crippen LogP contribution in [0.15, 0.2) is 5.10 Å². The maximum absolute atomic E-state index is 12.2. The van der Waals surface area contributed by atoms with Gasteiger partial charge in [-0.25, -0.2) is 5.43 Å². The molecule has 0 aromatic carbocycles. The van der Waals surface area contributed by atoms with E-state index in [-0.39, 0.29) is 17.9 Å². The molecule has 0 spiro atoms. The highest BCUT2D eigenvalue weighted by atomic mass is 16.5. The van der Waals surface area contributed by atoms with E-state index >= 15 is 0 Å². The highest BCUT2D eigenvalue weighted by Crippen LogP contribution is 2.09. The minimum absolute atomic E-state index is 0.0199. The zero-order valence-electron chi connectivity index (χ0n) is 10.4.